The minimum atomic E-state index is -2.16. The van der Waals surface area contributed by atoms with Gasteiger partial charge in [0.15, 0.2) is 0 Å². The Labute approximate surface area is 511 Å². The predicted octanol–water partition coefficient (Wildman–Crippen LogP) is 23.5. The molecule has 0 aliphatic rings. The second-order valence-corrected chi connectivity index (χ2v) is 43.8. The lowest BCUT2D eigenvalue weighted by atomic mass is 9.79. The SMILES string of the molecule is Cc1cc(N(c2cc(C(C)(C)C)cc(C(C)(C)C)c2)c2c3ccc(C(C)(C)C)cc3c(N(c3cc(C(C)(C)C)cc(C(C)(C)C)c3)c3cc(C)cc([Si](C(C)C)(C(C)C)C(C)C)c3)c3ccc(C(C)(C)C)cc23)cc([SiH](C(C)C)C(C)C)c1. The molecule has 7 rings (SSSR count). The molecule has 0 radical (unpaired) electrons. The van der Waals surface area contributed by atoms with Gasteiger partial charge in [-0.3, -0.25) is 0 Å². The third kappa shape index (κ3) is 13.3. The maximum atomic E-state index is 2.76. The normalized spacial score (nSPS) is 13.6. The Bertz CT molecular complexity index is 3390. The molecule has 0 fully saturated rings. The third-order valence-corrected chi connectivity index (χ3v) is 29.9. The molecule has 0 bridgehead atoms. The molecule has 0 aliphatic heterocycles. The monoisotopic (exact) mass is 1150 g/mol. The molecule has 0 saturated heterocycles. The fraction of sp³-hybridized carbons (Fsp3) is 0.519. The van der Waals surface area contributed by atoms with E-state index in [1.165, 1.54) is 100 Å². The summed E-state index contributed by atoms with van der Waals surface area (Å²) in [6.07, 6.45) is 0. The van der Waals surface area contributed by atoms with Crippen LogP contribution in [0.2, 0.25) is 27.7 Å². The fourth-order valence-corrected chi connectivity index (χ4v) is 25.2. The summed E-state index contributed by atoms with van der Waals surface area (Å²) >= 11 is 0. The number of fused-ring (bicyclic) bond motifs is 2. The van der Waals surface area contributed by atoms with E-state index < -0.39 is 16.9 Å². The van der Waals surface area contributed by atoms with Gasteiger partial charge in [-0.2, -0.15) is 0 Å². The van der Waals surface area contributed by atoms with Crippen LogP contribution in [0.25, 0.3) is 21.5 Å². The van der Waals surface area contributed by atoms with Crippen LogP contribution in [0.4, 0.5) is 34.1 Å². The highest BCUT2D eigenvalue weighted by molar-refractivity contribution is 6.95. The number of nitrogens with zero attached hydrogens (tertiary/aromatic N) is 2. The molecule has 0 heterocycles. The second kappa shape index (κ2) is 23.1. The van der Waals surface area contributed by atoms with Crippen molar-refractivity contribution >= 4 is 82.9 Å². The zero-order valence-corrected chi connectivity index (χ0v) is 60.4. The summed E-state index contributed by atoms with van der Waals surface area (Å²) in [6, 6.07) is 45.8. The summed E-state index contributed by atoms with van der Waals surface area (Å²) in [5.74, 6) is 0. The Morgan fingerprint density at radius 3 is 0.916 bits per heavy atom. The molecule has 0 atom stereocenters. The molecule has 7 aromatic carbocycles. The van der Waals surface area contributed by atoms with E-state index in [2.05, 4.69) is 327 Å². The van der Waals surface area contributed by atoms with E-state index in [-0.39, 0.29) is 32.5 Å². The molecule has 0 aliphatic carbocycles. The summed E-state index contributed by atoms with van der Waals surface area (Å²) in [7, 11) is -3.61. The first-order valence-electron chi connectivity index (χ1n) is 32.1. The number of hydrogen-bond donors (Lipinski definition) is 0. The Hall–Kier alpha value is -4.91. The van der Waals surface area contributed by atoms with Gasteiger partial charge >= 0.3 is 0 Å². The van der Waals surface area contributed by atoms with Crippen molar-refractivity contribution in [2.75, 3.05) is 9.80 Å². The molecule has 0 spiro atoms. The maximum absolute atomic E-state index is 2.76. The standard InChI is InChI=1S/C79H114N2Si2/c1-49(2)82(50(3)4)66-37-54(11)35-62(47-66)80(64-41-58(76(19,20)21)39-59(42-64)77(22,23)24)72-68-33-31-57(75(16,17)18)46-71(68)73(69-34-32-56(45-70(69)72)74(13,14)15)81(65-43-60(78(25,26)27)40-61(44-65)79(28,29)30)63-36-55(12)38-67(48-63)83(51(5)6,52(7)8)53(9)10/h31-53,82H,1-30H3. The number of aryl methyl sites for hydroxylation is 2. The van der Waals surface area contributed by atoms with Gasteiger partial charge in [-0.25, -0.2) is 0 Å². The van der Waals surface area contributed by atoms with E-state index in [4.69, 9.17) is 0 Å². The summed E-state index contributed by atoms with van der Waals surface area (Å²) in [6.45, 7) is 72.8. The lowest BCUT2D eigenvalue weighted by molar-refractivity contribution is 0.568. The van der Waals surface area contributed by atoms with Gasteiger partial charge in [0.1, 0.15) is 0 Å². The van der Waals surface area contributed by atoms with Crippen LogP contribution in [0.1, 0.15) is 238 Å². The molecule has 2 nitrogen and oxygen atoms in total. The Kier molecular flexibility index (Phi) is 18.2. The first kappa shape index (κ1) is 65.6. The maximum Gasteiger partial charge on any atom is 0.0943 e. The highest BCUT2D eigenvalue weighted by Crippen LogP contribution is 2.54. The van der Waals surface area contributed by atoms with E-state index in [1.54, 1.807) is 10.4 Å². The third-order valence-electron chi connectivity index (χ3n) is 18.9. The molecule has 0 N–H and O–H groups in total. The van der Waals surface area contributed by atoms with Crippen molar-refractivity contribution in [2.45, 2.75) is 268 Å². The molecule has 0 unspecified atom stereocenters. The number of rotatable bonds is 13. The van der Waals surface area contributed by atoms with Crippen LogP contribution in [-0.4, -0.2) is 16.9 Å². The molecule has 0 aromatic heterocycles. The Morgan fingerprint density at radius 1 is 0.313 bits per heavy atom. The fourth-order valence-electron chi connectivity index (χ4n) is 14.4. The Balaban J connectivity index is 1.87. The van der Waals surface area contributed by atoms with Crippen LogP contribution in [-0.2, 0) is 32.5 Å². The van der Waals surface area contributed by atoms with Crippen LogP contribution in [0.15, 0.2) is 109 Å². The van der Waals surface area contributed by atoms with Gasteiger partial charge in [-0.1, -0.05) is 253 Å². The quantitative estimate of drug-likeness (QED) is 0.0645. The van der Waals surface area contributed by atoms with Crippen LogP contribution in [0.3, 0.4) is 0 Å². The van der Waals surface area contributed by atoms with Crippen molar-refractivity contribution in [3.8, 4) is 0 Å². The minimum Gasteiger partial charge on any atom is -0.309 e. The predicted molar refractivity (Wildman–Crippen MR) is 380 cm³/mol. The molecule has 7 aromatic rings. The van der Waals surface area contributed by atoms with Gasteiger partial charge in [0.2, 0.25) is 0 Å². The zero-order valence-electron chi connectivity index (χ0n) is 58.3. The van der Waals surface area contributed by atoms with Crippen LogP contribution in [0.5, 0.6) is 0 Å². The average molecular weight is 1150 g/mol. The van der Waals surface area contributed by atoms with Gasteiger partial charge in [0, 0.05) is 44.3 Å². The smallest absolute Gasteiger partial charge is 0.0943 e. The molecular formula is C79H114N2Si2. The van der Waals surface area contributed by atoms with E-state index in [9.17, 15) is 0 Å². The largest absolute Gasteiger partial charge is 0.309 e. The molecule has 448 valence electrons. The highest BCUT2D eigenvalue weighted by atomic mass is 28.3. The van der Waals surface area contributed by atoms with Crippen LogP contribution in [0, 0.1) is 13.8 Å². The minimum absolute atomic E-state index is 0.0937. The topological polar surface area (TPSA) is 6.48 Å². The summed E-state index contributed by atoms with van der Waals surface area (Å²) in [4.78, 5) is 5.50. The van der Waals surface area contributed by atoms with E-state index in [0.29, 0.717) is 27.7 Å². The molecule has 4 heteroatoms. The van der Waals surface area contributed by atoms with Crippen LogP contribution >= 0.6 is 0 Å². The first-order chi connectivity index (χ1) is 37.9. The van der Waals surface area contributed by atoms with Crippen molar-refractivity contribution in [1.82, 2.24) is 0 Å². The molecule has 0 saturated carbocycles. The van der Waals surface area contributed by atoms with Crippen molar-refractivity contribution in [2.24, 2.45) is 0 Å². The number of hydrogen-bond acceptors (Lipinski definition) is 2. The zero-order chi connectivity index (χ0) is 62.4. The van der Waals surface area contributed by atoms with Crippen molar-refractivity contribution in [1.29, 1.82) is 0 Å². The van der Waals surface area contributed by atoms with E-state index in [0.717, 1.165) is 0 Å². The van der Waals surface area contributed by atoms with Gasteiger partial charge in [-0.15, -0.1) is 0 Å². The van der Waals surface area contributed by atoms with Gasteiger partial charge in [0.05, 0.1) is 28.2 Å². The van der Waals surface area contributed by atoms with Crippen LogP contribution < -0.4 is 20.2 Å². The lowest BCUT2D eigenvalue weighted by Crippen LogP contribution is -2.55. The van der Waals surface area contributed by atoms with Crippen molar-refractivity contribution < 1.29 is 0 Å². The molecule has 0 amide bonds. The molecular weight excluding hydrogens is 1030 g/mol. The van der Waals surface area contributed by atoms with Gasteiger partial charge in [0.25, 0.3) is 0 Å². The van der Waals surface area contributed by atoms with Gasteiger partial charge in [-0.05, 0) is 179 Å². The summed E-state index contributed by atoms with van der Waals surface area (Å²) in [5.41, 5.74) is 20.3. The van der Waals surface area contributed by atoms with Crippen molar-refractivity contribution in [3.63, 3.8) is 0 Å². The Morgan fingerprint density at radius 2 is 0.614 bits per heavy atom. The average Bonchev–Trinajstić information content (AvgIpc) is 3.17. The van der Waals surface area contributed by atoms with E-state index in [1.807, 2.05) is 0 Å². The molecule has 83 heavy (non-hydrogen) atoms. The first-order valence-corrected chi connectivity index (χ1v) is 36.2. The lowest BCUT2D eigenvalue weighted by Gasteiger charge is -2.44. The summed E-state index contributed by atoms with van der Waals surface area (Å²) in [5, 5.41) is 8.16. The van der Waals surface area contributed by atoms with Crippen molar-refractivity contribution in [3.05, 3.63) is 154 Å². The van der Waals surface area contributed by atoms with Gasteiger partial charge < -0.3 is 9.80 Å². The highest BCUT2D eigenvalue weighted by Gasteiger charge is 2.45. The number of anilines is 6. The summed E-state index contributed by atoms with van der Waals surface area (Å²) < 4.78 is 0. The number of benzene rings is 7. The van der Waals surface area contributed by atoms with E-state index >= 15 is 0 Å². The second-order valence-electron chi connectivity index (χ2n) is 33.5.